The van der Waals surface area contributed by atoms with Gasteiger partial charge in [-0.1, -0.05) is 0 Å². The Hall–Kier alpha value is -1.91. The number of piperidine rings is 1. The van der Waals surface area contributed by atoms with Crippen LogP contribution in [0.25, 0.3) is 5.52 Å². The third-order valence-electron chi connectivity index (χ3n) is 4.48. The zero-order chi connectivity index (χ0) is 12.8. The number of nitrogens with zero attached hydrogens (tertiary/aromatic N) is 4. The predicted octanol–water partition coefficient (Wildman–Crippen LogP) is 1.60. The van der Waals surface area contributed by atoms with Crippen LogP contribution in [0.2, 0.25) is 0 Å². The molecule has 5 heteroatoms. The molecule has 98 valence electrons. The molecule has 0 saturated carbocycles. The van der Waals surface area contributed by atoms with Crippen molar-refractivity contribution >= 4 is 11.4 Å². The summed E-state index contributed by atoms with van der Waals surface area (Å²) >= 11 is 0. The minimum Gasteiger partial charge on any atom is -0.339 e. The molecule has 1 unspecified atom stereocenters. The maximum absolute atomic E-state index is 11.9. The van der Waals surface area contributed by atoms with E-state index in [2.05, 4.69) is 14.9 Å². The number of aromatic nitrogens is 3. The first-order valence-electron chi connectivity index (χ1n) is 6.89. The standard InChI is InChI=1S/C14H16N4O/c19-13-4-3-11-2-1-10(8-18(11)13)14-12-7-15-5-6-17(12)9-16-14/h5-7,9-11H,1-4,8H2/t10?,11-/m0/s1. The fourth-order valence-electron chi connectivity index (χ4n) is 3.46. The average molecular weight is 256 g/mol. The summed E-state index contributed by atoms with van der Waals surface area (Å²) in [6, 6.07) is 0.482. The van der Waals surface area contributed by atoms with Crippen molar-refractivity contribution < 1.29 is 4.79 Å². The van der Waals surface area contributed by atoms with E-state index in [1.807, 2.05) is 23.1 Å². The molecule has 2 atom stereocenters. The van der Waals surface area contributed by atoms with Crippen LogP contribution in [0.3, 0.4) is 0 Å². The van der Waals surface area contributed by atoms with Crippen LogP contribution in [0.15, 0.2) is 24.9 Å². The van der Waals surface area contributed by atoms with E-state index >= 15 is 0 Å². The Morgan fingerprint density at radius 2 is 2.21 bits per heavy atom. The maximum Gasteiger partial charge on any atom is 0.222 e. The second kappa shape index (κ2) is 4.05. The van der Waals surface area contributed by atoms with Crippen molar-refractivity contribution in [3.05, 3.63) is 30.6 Å². The lowest BCUT2D eigenvalue weighted by Gasteiger charge is -2.34. The van der Waals surface area contributed by atoms with Crippen LogP contribution in [-0.4, -0.2) is 37.8 Å². The summed E-state index contributed by atoms with van der Waals surface area (Å²) in [5, 5.41) is 0. The third kappa shape index (κ3) is 1.64. The van der Waals surface area contributed by atoms with Crippen LogP contribution in [0.1, 0.15) is 37.3 Å². The van der Waals surface area contributed by atoms with Gasteiger partial charge in [0.1, 0.15) is 0 Å². The van der Waals surface area contributed by atoms with Crippen LogP contribution in [0.5, 0.6) is 0 Å². The highest BCUT2D eigenvalue weighted by molar-refractivity contribution is 5.79. The van der Waals surface area contributed by atoms with Crippen molar-refractivity contribution in [2.75, 3.05) is 6.54 Å². The van der Waals surface area contributed by atoms with Gasteiger partial charge in [-0.3, -0.25) is 9.78 Å². The normalized spacial score (nSPS) is 26.9. The minimum atomic E-state index is 0.316. The van der Waals surface area contributed by atoms with E-state index < -0.39 is 0 Å². The molecule has 0 spiro atoms. The molecule has 2 aliphatic heterocycles. The van der Waals surface area contributed by atoms with Gasteiger partial charge in [0.2, 0.25) is 5.91 Å². The number of hydrogen-bond donors (Lipinski definition) is 0. The summed E-state index contributed by atoms with van der Waals surface area (Å²) < 4.78 is 2.00. The third-order valence-corrected chi connectivity index (χ3v) is 4.48. The Morgan fingerprint density at radius 1 is 1.26 bits per heavy atom. The molecule has 2 aliphatic rings. The van der Waals surface area contributed by atoms with E-state index in [9.17, 15) is 4.79 Å². The Labute approximate surface area is 111 Å². The van der Waals surface area contributed by atoms with Crippen molar-refractivity contribution in [3.8, 4) is 0 Å². The van der Waals surface area contributed by atoms with Gasteiger partial charge in [0.25, 0.3) is 0 Å². The molecule has 0 aromatic carbocycles. The smallest absolute Gasteiger partial charge is 0.222 e. The number of fused-ring (bicyclic) bond motifs is 2. The van der Waals surface area contributed by atoms with Gasteiger partial charge in [-0.05, 0) is 19.3 Å². The van der Waals surface area contributed by atoms with Crippen LogP contribution < -0.4 is 0 Å². The van der Waals surface area contributed by atoms with Crippen LogP contribution in [-0.2, 0) is 4.79 Å². The van der Waals surface area contributed by atoms with E-state index in [1.54, 1.807) is 6.20 Å². The molecule has 2 aromatic heterocycles. The zero-order valence-electron chi connectivity index (χ0n) is 10.7. The van der Waals surface area contributed by atoms with Crippen LogP contribution in [0.4, 0.5) is 0 Å². The van der Waals surface area contributed by atoms with Crippen molar-refractivity contribution in [1.82, 2.24) is 19.3 Å². The zero-order valence-corrected chi connectivity index (χ0v) is 10.7. The highest BCUT2D eigenvalue weighted by Gasteiger charge is 2.37. The van der Waals surface area contributed by atoms with E-state index in [-0.39, 0.29) is 0 Å². The van der Waals surface area contributed by atoms with E-state index in [4.69, 9.17) is 0 Å². The van der Waals surface area contributed by atoms with E-state index in [0.29, 0.717) is 17.9 Å². The first kappa shape index (κ1) is 11.0. The number of rotatable bonds is 1. The van der Waals surface area contributed by atoms with Gasteiger partial charge < -0.3 is 9.30 Å². The fourth-order valence-corrected chi connectivity index (χ4v) is 3.46. The van der Waals surface area contributed by atoms with Crippen molar-refractivity contribution in [3.63, 3.8) is 0 Å². The molecule has 0 aliphatic carbocycles. The van der Waals surface area contributed by atoms with E-state index in [0.717, 1.165) is 43.4 Å². The molecule has 1 amide bonds. The summed E-state index contributed by atoms with van der Waals surface area (Å²) in [5.41, 5.74) is 2.16. The number of carbonyl (C=O) groups is 1. The summed E-state index contributed by atoms with van der Waals surface area (Å²) in [7, 11) is 0. The van der Waals surface area contributed by atoms with Gasteiger partial charge in [0.05, 0.1) is 23.7 Å². The Kier molecular flexibility index (Phi) is 2.33. The molecule has 2 aromatic rings. The lowest BCUT2D eigenvalue weighted by Crippen LogP contribution is -2.40. The van der Waals surface area contributed by atoms with Gasteiger partial charge in [-0.2, -0.15) is 0 Å². The molecular weight excluding hydrogens is 240 g/mol. The molecule has 0 N–H and O–H groups in total. The summed E-state index contributed by atoms with van der Waals surface area (Å²) in [5.74, 6) is 0.670. The number of imidazole rings is 1. The largest absolute Gasteiger partial charge is 0.339 e. The molecule has 4 heterocycles. The highest BCUT2D eigenvalue weighted by atomic mass is 16.2. The maximum atomic E-state index is 11.9. The van der Waals surface area contributed by atoms with Gasteiger partial charge in [-0.25, -0.2) is 4.98 Å². The fraction of sp³-hybridized carbons (Fsp3) is 0.500. The molecule has 0 bridgehead atoms. The van der Waals surface area contributed by atoms with Crippen molar-refractivity contribution in [2.24, 2.45) is 0 Å². The molecular formula is C14H16N4O. The topological polar surface area (TPSA) is 50.5 Å². The molecule has 2 fully saturated rings. The second-order valence-corrected chi connectivity index (χ2v) is 5.51. The Morgan fingerprint density at radius 3 is 3.16 bits per heavy atom. The molecule has 5 nitrogen and oxygen atoms in total. The molecule has 0 radical (unpaired) electrons. The molecule has 2 saturated heterocycles. The lowest BCUT2D eigenvalue weighted by molar-refractivity contribution is -0.130. The summed E-state index contributed by atoms with van der Waals surface area (Å²) in [6.07, 6.45) is 11.4. The van der Waals surface area contributed by atoms with Crippen LogP contribution in [0, 0.1) is 0 Å². The van der Waals surface area contributed by atoms with Gasteiger partial charge in [0.15, 0.2) is 0 Å². The molecule has 19 heavy (non-hydrogen) atoms. The first-order valence-corrected chi connectivity index (χ1v) is 6.89. The second-order valence-electron chi connectivity index (χ2n) is 5.51. The minimum absolute atomic E-state index is 0.316. The van der Waals surface area contributed by atoms with Gasteiger partial charge >= 0.3 is 0 Å². The lowest BCUT2D eigenvalue weighted by atomic mass is 9.90. The number of carbonyl (C=O) groups excluding carboxylic acids is 1. The van der Waals surface area contributed by atoms with Crippen molar-refractivity contribution in [2.45, 2.75) is 37.6 Å². The predicted molar refractivity (Wildman–Crippen MR) is 69.7 cm³/mol. The Bertz CT molecular complexity index is 635. The Balaban J connectivity index is 1.68. The van der Waals surface area contributed by atoms with Crippen LogP contribution >= 0.6 is 0 Å². The van der Waals surface area contributed by atoms with Crippen molar-refractivity contribution in [1.29, 1.82) is 0 Å². The quantitative estimate of drug-likeness (QED) is 0.778. The summed E-state index contributed by atoms with van der Waals surface area (Å²) in [4.78, 5) is 22.7. The highest BCUT2D eigenvalue weighted by Crippen LogP contribution is 2.35. The number of amides is 1. The molecule has 4 rings (SSSR count). The van der Waals surface area contributed by atoms with Gasteiger partial charge in [0, 0.05) is 37.3 Å². The monoisotopic (exact) mass is 256 g/mol. The average Bonchev–Trinajstić information content (AvgIpc) is 3.03. The first-order chi connectivity index (χ1) is 9.33. The number of hydrogen-bond acceptors (Lipinski definition) is 3. The summed E-state index contributed by atoms with van der Waals surface area (Å²) in [6.45, 7) is 0.824. The van der Waals surface area contributed by atoms with E-state index in [1.165, 1.54) is 0 Å². The SMILES string of the molecule is O=C1CC[C@@H]2CCC(c3ncn4ccncc34)CN12. The van der Waals surface area contributed by atoms with Gasteiger partial charge in [-0.15, -0.1) is 0 Å².